The predicted molar refractivity (Wildman–Crippen MR) is 154 cm³/mol. The summed E-state index contributed by atoms with van der Waals surface area (Å²) in [6, 6.07) is 38.1. The van der Waals surface area contributed by atoms with E-state index in [0.717, 1.165) is 66.5 Å². The third-order valence-corrected chi connectivity index (χ3v) is 7.27. The lowest BCUT2D eigenvalue weighted by atomic mass is 10.1. The molecule has 5 nitrogen and oxygen atoms in total. The molecule has 0 aliphatic heterocycles. The summed E-state index contributed by atoms with van der Waals surface area (Å²) in [5.41, 5.74) is 11.6. The van der Waals surface area contributed by atoms with Gasteiger partial charge in [-0.1, -0.05) is 48.5 Å². The van der Waals surface area contributed by atoms with Gasteiger partial charge in [-0.25, -0.2) is 4.98 Å². The van der Waals surface area contributed by atoms with Crippen LogP contribution in [0.25, 0.3) is 66.5 Å². The van der Waals surface area contributed by atoms with Gasteiger partial charge in [-0.15, -0.1) is 0 Å². The first-order valence-corrected chi connectivity index (χ1v) is 12.6. The summed E-state index contributed by atoms with van der Waals surface area (Å²) in [7, 11) is 0. The molecule has 178 valence electrons. The van der Waals surface area contributed by atoms with Crippen LogP contribution in [0.5, 0.6) is 0 Å². The van der Waals surface area contributed by atoms with Crippen LogP contribution in [0.2, 0.25) is 0 Å². The molecule has 5 aromatic heterocycles. The van der Waals surface area contributed by atoms with Gasteiger partial charge in [0.25, 0.3) is 0 Å². The number of aromatic nitrogens is 5. The van der Waals surface area contributed by atoms with Crippen LogP contribution in [0.15, 0.2) is 128 Å². The standard InChI is InChI=1S/C33H21N5/c1-2-7-24(8-3-1)38-28-11-6-18-35-32(28)33-30(38)21-29-31(36-33)26-9-4-5-10-27(26)37(29)25-14-12-22(13-15-25)23-16-19-34-20-17-23/h1-21H. The van der Waals surface area contributed by atoms with Crippen LogP contribution in [-0.2, 0) is 0 Å². The summed E-state index contributed by atoms with van der Waals surface area (Å²) in [5.74, 6) is 0. The lowest BCUT2D eigenvalue weighted by molar-refractivity contribution is 1.16. The zero-order valence-electron chi connectivity index (χ0n) is 20.4. The lowest BCUT2D eigenvalue weighted by Crippen LogP contribution is -1.96. The van der Waals surface area contributed by atoms with E-state index in [0.29, 0.717) is 0 Å². The molecule has 0 saturated carbocycles. The van der Waals surface area contributed by atoms with Gasteiger partial charge in [-0.3, -0.25) is 9.97 Å². The molecule has 5 heteroatoms. The molecule has 0 unspecified atom stereocenters. The molecule has 0 amide bonds. The van der Waals surface area contributed by atoms with Gasteiger partial charge in [-0.05, 0) is 71.8 Å². The molecule has 0 bridgehead atoms. The molecule has 0 N–H and O–H groups in total. The fraction of sp³-hybridized carbons (Fsp3) is 0. The minimum Gasteiger partial charge on any atom is -0.308 e. The number of para-hydroxylation sites is 2. The normalized spacial score (nSPS) is 11.7. The van der Waals surface area contributed by atoms with Crippen LogP contribution in [0, 0.1) is 0 Å². The quantitative estimate of drug-likeness (QED) is 0.256. The Morgan fingerprint density at radius 1 is 0.447 bits per heavy atom. The van der Waals surface area contributed by atoms with Crippen molar-refractivity contribution in [3.05, 3.63) is 128 Å². The molecule has 0 spiro atoms. The SMILES string of the molecule is c1ccc(-n2c3cccnc3c3nc4c5ccccc5n(-c5ccc(-c6ccncc6)cc5)c4cc32)cc1. The van der Waals surface area contributed by atoms with Gasteiger partial charge in [0.15, 0.2) is 0 Å². The highest BCUT2D eigenvalue weighted by atomic mass is 15.0. The topological polar surface area (TPSA) is 48.5 Å². The van der Waals surface area contributed by atoms with Crippen LogP contribution >= 0.6 is 0 Å². The molecule has 8 aromatic rings. The zero-order valence-corrected chi connectivity index (χ0v) is 20.4. The molecule has 5 heterocycles. The van der Waals surface area contributed by atoms with Crippen molar-refractivity contribution in [1.29, 1.82) is 0 Å². The van der Waals surface area contributed by atoms with Gasteiger partial charge in [0.2, 0.25) is 0 Å². The van der Waals surface area contributed by atoms with Crippen molar-refractivity contribution in [3.8, 4) is 22.5 Å². The number of nitrogens with zero attached hydrogens (tertiary/aromatic N) is 5. The highest BCUT2D eigenvalue weighted by Gasteiger charge is 2.20. The van der Waals surface area contributed by atoms with Gasteiger partial charge in [-0.2, -0.15) is 0 Å². The lowest BCUT2D eigenvalue weighted by Gasteiger charge is -2.10. The highest BCUT2D eigenvalue weighted by Crippen LogP contribution is 2.37. The third kappa shape index (κ3) is 3.02. The molecule has 8 rings (SSSR count). The average Bonchev–Trinajstić information content (AvgIpc) is 3.49. The Labute approximate surface area is 218 Å². The van der Waals surface area contributed by atoms with Gasteiger partial charge < -0.3 is 9.13 Å². The molecule has 0 aliphatic rings. The van der Waals surface area contributed by atoms with Crippen LogP contribution in [0.4, 0.5) is 0 Å². The van der Waals surface area contributed by atoms with Crippen molar-refractivity contribution in [1.82, 2.24) is 24.1 Å². The van der Waals surface area contributed by atoms with E-state index in [1.165, 1.54) is 0 Å². The Kier molecular flexibility index (Phi) is 4.45. The second-order valence-electron chi connectivity index (χ2n) is 9.40. The van der Waals surface area contributed by atoms with Gasteiger partial charge in [0, 0.05) is 35.4 Å². The first kappa shape index (κ1) is 20.9. The Hall–Kier alpha value is -5.29. The number of benzene rings is 3. The van der Waals surface area contributed by atoms with E-state index in [1.54, 1.807) is 0 Å². The van der Waals surface area contributed by atoms with Crippen molar-refractivity contribution in [3.63, 3.8) is 0 Å². The van der Waals surface area contributed by atoms with Crippen molar-refractivity contribution in [2.75, 3.05) is 0 Å². The number of fused-ring (bicyclic) bond motifs is 6. The first-order chi connectivity index (χ1) is 18.9. The number of hydrogen-bond donors (Lipinski definition) is 0. The van der Waals surface area contributed by atoms with E-state index in [4.69, 9.17) is 9.97 Å². The van der Waals surface area contributed by atoms with Crippen LogP contribution in [0.1, 0.15) is 0 Å². The van der Waals surface area contributed by atoms with E-state index >= 15 is 0 Å². The molecule has 0 radical (unpaired) electrons. The van der Waals surface area contributed by atoms with E-state index < -0.39 is 0 Å². The monoisotopic (exact) mass is 487 g/mol. The zero-order chi connectivity index (χ0) is 25.1. The van der Waals surface area contributed by atoms with Crippen molar-refractivity contribution < 1.29 is 0 Å². The number of pyridine rings is 3. The van der Waals surface area contributed by atoms with Crippen molar-refractivity contribution in [2.24, 2.45) is 0 Å². The van der Waals surface area contributed by atoms with Crippen molar-refractivity contribution >= 4 is 44.0 Å². The summed E-state index contributed by atoms with van der Waals surface area (Å²) < 4.78 is 4.58. The van der Waals surface area contributed by atoms with E-state index in [-0.39, 0.29) is 0 Å². The Bertz CT molecular complexity index is 2110. The largest absolute Gasteiger partial charge is 0.308 e. The minimum atomic E-state index is 0.909. The smallest absolute Gasteiger partial charge is 0.116 e. The molecule has 0 fully saturated rings. The fourth-order valence-corrected chi connectivity index (χ4v) is 5.57. The van der Waals surface area contributed by atoms with Crippen LogP contribution in [-0.4, -0.2) is 24.1 Å². The molecular formula is C33H21N5. The summed E-state index contributed by atoms with van der Waals surface area (Å²) >= 11 is 0. The maximum absolute atomic E-state index is 5.28. The first-order valence-electron chi connectivity index (χ1n) is 12.6. The maximum atomic E-state index is 5.28. The van der Waals surface area contributed by atoms with Gasteiger partial charge in [0.1, 0.15) is 11.0 Å². The van der Waals surface area contributed by atoms with Crippen molar-refractivity contribution in [2.45, 2.75) is 0 Å². The summed E-state index contributed by atoms with van der Waals surface area (Å²) in [6.45, 7) is 0. The predicted octanol–water partition coefficient (Wildman–Crippen LogP) is 7.73. The summed E-state index contributed by atoms with van der Waals surface area (Å²) in [4.78, 5) is 14.2. The average molecular weight is 488 g/mol. The second-order valence-corrected chi connectivity index (χ2v) is 9.40. The molecule has 0 atom stereocenters. The second kappa shape index (κ2) is 8.11. The Balaban J connectivity index is 1.45. The minimum absolute atomic E-state index is 0.909. The maximum Gasteiger partial charge on any atom is 0.116 e. The molecule has 3 aromatic carbocycles. The highest BCUT2D eigenvalue weighted by molar-refractivity contribution is 6.14. The summed E-state index contributed by atoms with van der Waals surface area (Å²) in [5, 5.41) is 1.12. The Morgan fingerprint density at radius 3 is 1.95 bits per heavy atom. The number of rotatable bonds is 3. The van der Waals surface area contributed by atoms with Crippen LogP contribution in [0.3, 0.4) is 0 Å². The van der Waals surface area contributed by atoms with E-state index in [2.05, 4.69) is 99.0 Å². The Morgan fingerprint density at radius 2 is 1.11 bits per heavy atom. The molecule has 38 heavy (non-hydrogen) atoms. The van der Waals surface area contributed by atoms with Crippen LogP contribution < -0.4 is 0 Å². The molecular weight excluding hydrogens is 466 g/mol. The summed E-state index contributed by atoms with van der Waals surface area (Å²) in [6.07, 6.45) is 5.50. The number of hydrogen-bond acceptors (Lipinski definition) is 3. The van der Waals surface area contributed by atoms with Gasteiger partial charge >= 0.3 is 0 Å². The molecule has 0 aliphatic carbocycles. The van der Waals surface area contributed by atoms with Gasteiger partial charge in [0.05, 0.1) is 27.6 Å². The van der Waals surface area contributed by atoms with E-state index in [1.807, 2.05) is 42.9 Å². The molecule has 0 saturated heterocycles. The van der Waals surface area contributed by atoms with E-state index in [9.17, 15) is 0 Å². The fourth-order valence-electron chi connectivity index (χ4n) is 5.57. The third-order valence-electron chi connectivity index (χ3n) is 7.27.